The van der Waals surface area contributed by atoms with Crippen molar-refractivity contribution >= 4 is 11.6 Å². The largest absolute Gasteiger partial charge is 0.489 e. The standard InChI is InChI=1S/C14H8ClF2NO/c15-14-6-13(2-1-10(14)7-18)19-8-9-3-11(16)5-12(17)4-9/h1-6H,8H2. The van der Waals surface area contributed by atoms with Crippen LogP contribution in [0.2, 0.25) is 5.02 Å². The Morgan fingerprint density at radius 2 is 1.79 bits per heavy atom. The number of nitriles is 1. The molecule has 19 heavy (non-hydrogen) atoms. The van der Waals surface area contributed by atoms with Gasteiger partial charge in [0.05, 0.1) is 10.6 Å². The second kappa shape index (κ2) is 5.68. The molecule has 0 aliphatic carbocycles. The van der Waals surface area contributed by atoms with Gasteiger partial charge in [-0.2, -0.15) is 5.26 Å². The summed E-state index contributed by atoms with van der Waals surface area (Å²) in [6.45, 7) is 0.0108. The van der Waals surface area contributed by atoms with E-state index in [1.165, 1.54) is 24.3 Å². The number of ether oxygens (including phenoxy) is 1. The lowest BCUT2D eigenvalue weighted by Crippen LogP contribution is -1.97. The van der Waals surface area contributed by atoms with Crippen LogP contribution in [0.5, 0.6) is 5.75 Å². The summed E-state index contributed by atoms with van der Waals surface area (Å²) in [5.74, 6) is -0.887. The minimum atomic E-state index is -0.656. The molecular formula is C14H8ClF2NO. The molecular weight excluding hydrogens is 272 g/mol. The molecule has 0 spiro atoms. The van der Waals surface area contributed by atoms with E-state index in [0.717, 1.165) is 6.07 Å². The van der Waals surface area contributed by atoms with Gasteiger partial charge in [0, 0.05) is 12.1 Å². The highest BCUT2D eigenvalue weighted by Gasteiger charge is 2.04. The van der Waals surface area contributed by atoms with Crippen molar-refractivity contribution in [2.75, 3.05) is 0 Å². The van der Waals surface area contributed by atoms with Crippen LogP contribution in [-0.2, 0) is 6.61 Å². The van der Waals surface area contributed by atoms with E-state index in [0.29, 0.717) is 16.9 Å². The molecule has 0 heterocycles. The van der Waals surface area contributed by atoms with Gasteiger partial charge in [-0.3, -0.25) is 0 Å². The lowest BCUT2D eigenvalue weighted by Gasteiger charge is -2.07. The van der Waals surface area contributed by atoms with Gasteiger partial charge in [-0.25, -0.2) is 8.78 Å². The molecule has 0 aliphatic heterocycles. The molecule has 96 valence electrons. The van der Waals surface area contributed by atoms with Crippen molar-refractivity contribution < 1.29 is 13.5 Å². The number of rotatable bonds is 3. The van der Waals surface area contributed by atoms with Crippen molar-refractivity contribution in [2.45, 2.75) is 6.61 Å². The van der Waals surface area contributed by atoms with Gasteiger partial charge in [0.1, 0.15) is 30.1 Å². The quantitative estimate of drug-likeness (QED) is 0.848. The van der Waals surface area contributed by atoms with E-state index in [1.807, 2.05) is 6.07 Å². The molecule has 0 radical (unpaired) electrons. The Balaban J connectivity index is 2.10. The summed E-state index contributed by atoms with van der Waals surface area (Å²) in [6.07, 6.45) is 0. The van der Waals surface area contributed by atoms with E-state index >= 15 is 0 Å². The maximum absolute atomic E-state index is 13.0. The SMILES string of the molecule is N#Cc1ccc(OCc2cc(F)cc(F)c2)cc1Cl. The molecule has 0 aromatic heterocycles. The van der Waals surface area contributed by atoms with E-state index in [-0.39, 0.29) is 11.6 Å². The van der Waals surface area contributed by atoms with Gasteiger partial charge >= 0.3 is 0 Å². The van der Waals surface area contributed by atoms with Gasteiger partial charge in [-0.1, -0.05) is 11.6 Å². The number of halogens is 3. The number of nitrogens with zero attached hydrogens (tertiary/aromatic N) is 1. The molecule has 2 aromatic rings. The molecule has 0 aliphatic rings. The highest BCUT2D eigenvalue weighted by atomic mass is 35.5. The lowest BCUT2D eigenvalue weighted by atomic mass is 10.2. The average Bonchev–Trinajstić information content (AvgIpc) is 2.35. The summed E-state index contributed by atoms with van der Waals surface area (Å²) in [7, 11) is 0. The normalized spacial score (nSPS) is 10.0. The molecule has 0 amide bonds. The van der Waals surface area contributed by atoms with Gasteiger partial charge in [0.2, 0.25) is 0 Å². The van der Waals surface area contributed by atoms with E-state index < -0.39 is 11.6 Å². The molecule has 2 rings (SSSR count). The van der Waals surface area contributed by atoms with Crippen LogP contribution in [0, 0.1) is 23.0 Å². The minimum absolute atomic E-state index is 0.0108. The predicted molar refractivity (Wildman–Crippen MR) is 66.9 cm³/mol. The summed E-state index contributed by atoms with van der Waals surface area (Å²) < 4.78 is 31.3. The van der Waals surface area contributed by atoms with Crippen LogP contribution >= 0.6 is 11.6 Å². The summed E-state index contributed by atoms with van der Waals surface area (Å²) in [5.41, 5.74) is 0.712. The smallest absolute Gasteiger partial charge is 0.126 e. The zero-order chi connectivity index (χ0) is 13.8. The maximum Gasteiger partial charge on any atom is 0.126 e. The number of hydrogen-bond acceptors (Lipinski definition) is 2. The Morgan fingerprint density at radius 1 is 1.11 bits per heavy atom. The molecule has 0 unspecified atom stereocenters. The first-order chi connectivity index (χ1) is 9.08. The Morgan fingerprint density at radius 3 is 2.37 bits per heavy atom. The van der Waals surface area contributed by atoms with Crippen molar-refractivity contribution in [1.29, 1.82) is 5.26 Å². The molecule has 0 saturated heterocycles. The fourth-order valence-electron chi connectivity index (χ4n) is 1.54. The van der Waals surface area contributed by atoms with Crippen molar-refractivity contribution in [3.8, 4) is 11.8 Å². The zero-order valence-electron chi connectivity index (χ0n) is 9.66. The topological polar surface area (TPSA) is 33.0 Å². The molecule has 2 nitrogen and oxygen atoms in total. The van der Waals surface area contributed by atoms with Crippen LogP contribution in [0.15, 0.2) is 36.4 Å². The third-order valence-electron chi connectivity index (χ3n) is 2.39. The van der Waals surface area contributed by atoms with Crippen LogP contribution in [-0.4, -0.2) is 0 Å². The highest BCUT2D eigenvalue weighted by Crippen LogP contribution is 2.22. The van der Waals surface area contributed by atoms with Crippen LogP contribution in [0.1, 0.15) is 11.1 Å². The van der Waals surface area contributed by atoms with Crippen molar-refractivity contribution in [2.24, 2.45) is 0 Å². The van der Waals surface area contributed by atoms with Crippen molar-refractivity contribution in [1.82, 2.24) is 0 Å². The highest BCUT2D eigenvalue weighted by molar-refractivity contribution is 6.31. The first-order valence-electron chi connectivity index (χ1n) is 5.36. The Bertz CT molecular complexity index is 632. The van der Waals surface area contributed by atoms with Crippen molar-refractivity contribution in [3.63, 3.8) is 0 Å². The average molecular weight is 280 g/mol. The first kappa shape index (κ1) is 13.3. The summed E-state index contributed by atoms with van der Waals surface area (Å²) >= 11 is 5.84. The minimum Gasteiger partial charge on any atom is -0.489 e. The summed E-state index contributed by atoms with van der Waals surface area (Å²) in [6, 6.07) is 9.67. The monoisotopic (exact) mass is 279 g/mol. The molecule has 0 saturated carbocycles. The first-order valence-corrected chi connectivity index (χ1v) is 5.73. The van der Waals surface area contributed by atoms with E-state index in [9.17, 15) is 8.78 Å². The second-order valence-corrected chi connectivity index (χ2v) is 4.23. The Kier molecular flexibility index (Phi) is 3.98. The Hall–Kier alpha value is -2.12. The van der Waals surface area contributed by atoms with Gasteiger partial charge in [-0.15, -0.1) is 0 Å². The van der Waals surface area contributed by atoms with Crippen molar-refractivity contribution in [3.05, 3.63) is 64.2 Å². The molecule has 0 atom stereocenters. The predicted octanol–water partition coefficient (Wildman–Crippen LogP) is 4.07. The fourth-order valence-corrected chi connectivity index (χ4v) is 1.75. The number of benzene rings is 2. The molecule has 0 bridgehead atoms. The maximum atomic E-state index is 13.0. The van der Waals surface area contributed by atoms with Crippen LogP contribution in [0.3, 0.4) is 0 Å². The van der Waals surface area contributed by atoms with Gasteiger partial charge in [-0.05, 0) is 29.8 Å². The molecule has 5 heteroatoms. The van der Waals surface area contributed by atoms with E-state index in [4.69, 9.17) is 21.6 Å². The van der Waals surface area contributed by atoms with Crippen LogP contribution in [0.4, 0.5) is 8.78 Å². The fraction of sp³-hybridized carbons (Fsp3) is 0.0714. The third kappa shape index (κ3) is 3.43. The molecule has 0 fully saturated rings. The third-order valence-corrected chi connectivity index (χ3v) is 2.70. The van der Waals surface area contributed by atoms with Gasteiger partial charge in [0.15, 0.2) is 0 Å². The summed E-state index contributed by atoms with van der Waals surface area (Å²) in [4.78, 5) is 0. The lowest BCUT2D eigenvalue weighted by molar-refractivity contribution is 0.305. The molecule has 0 N–H and O–H groups in total. The van der Waals surface area contributed by atoms with Crippen LogP contribution < -0.4 is 4.74 Å². The second-order valence-electron chi connectivity index (χ2n) is 3.82. The van der Waals surface area contributed by atoms with E-state index in [1.54, 1.807) is 6.07 Å². The van der Waals surface area contributed by atoms with E-state index in [2.05, 4.69) is 0 Å². The van der Waals surface area contributed by atoms with Gasteiger partial charge < -0.3 is 4.74 Å². The zero-order valence-corrected chi connectivity index (χ0v) is 10.4. The van der Waals surface area contributed by atoms with Crippen LogP contribution in [0.25, 0.3) is 0 Å². The summed E-state index contributed by atoms with van der Waals surface area (Å²) in [5, 5.41) is 8.99. The Labute approximate surface area is 113 Å². The molecule has 2 aromatic carbocycles. The van der Waals surface area contributed by atoms with Gasteiger partial charge in [0.25, 0.3) is 0 Å². The number of hydrogen-bond donors (Lipinski definition) is 0.